The Morgan fingerprint density at radius 3 is 2.89 bits per heavy atom. The molecule has 0 atom stereocenters. The molecule has 0 saturated carbocycles. The van der Waals surface area contributed by atoms with Crippen LogP contribution in [-0.4, -0.2) is 9.55 Å². The normalized spacial score (nSPS) is 11.1. The molecule has 0 saturated heterocycles. The molecule has 19 heavy (non-hydrogen) atoms. The van der Waals surface area contributed by atoms with Crippen molar-refractivity contribution < 1.29 is 0 Å². The van der Waals surface area contributed by atoms with Crippen molar-refractivity contribution in [1.82, 2.24) is 9.55 Å². The summed E-state index contributed by atoms with van der Waals surface area (Å²) in [7, 11) is 0. The Hall–Kier alpha value is -1.65. The van der Waals surface area contributed by atoms with Gasteiger partial charge in [0.25, 0.3) is 0 Å². The van der Waals surface area contributed by atoms with Gasteiger partial charge in [-0.25, -0.2) is 0 Å². The van der Waals surface area contributed by atoms with Gasteiger partial charge in [-0.3, -0.25) is 4.98 Å². The Labute approximate surface area is 120 Å². The van der Waals surface area contributed by atoms with Crippen molar-refractivity contribution in [2.75, 3.05) is 0 Å². The van der Waals surface area contributed by atoms with E-state index in [-0.39, 0.29) is 0 Å². The topological polar surface area (TPSA) is 43.8 Å². The fraction of sp³-hybridized carbons (Fsp3) is 0.133. The van der Waals surface area contributed by atoms with Crippen LogP contribution < -0.4 is 5.73 Å². The average Bonchev–Trinajstić information content (AvgIpc) is 2.82. The molecule has 0 bridgehead atoms. The zero-order valence-electron chi connectivity index (χ0n) is 10.4. The maximum absolute atomic E-state index is 5.77. The molecule has 96 valence electrons. The number of nitrogens with two attached hydrogens (primary N) is 1. The number of aromatic nitrogens is 2. The quantitative estimate of drug-likeness (QED) is 0.806. The van der Waals surface area contributed by atoms with Crippen molar-refractivity contribution >= 4 is 26.8 Å². The largest absolute Gasteiger partial charge is 0.343 e. The first-order valence-corrected chi connectivity index (χ1v) is 6.93. The van der Waals surface area contributed by atoms with E-state index >= 15 is 0 Å². The summed E-state index contributed by atoms with van der Waals surface area (Å²) in [6.45, 7) is 1.38. The zero-order chi connectivity index (χ0) is 13.2. The van der Waals surface area contributed by atoms with E-state index in [2.05, 4.69) is 62.0 Å². The Kier molecular flexibility index (Phi) is 3.36. The molecule has 2 aromatic heterocycles. The molecule has 4 heteroatoms. The SMILES string of the molecule is NCc1cccc2c1ccn2Cc1cncc(Br)c1. The standard InChI is InChI=1S/C15H14BrN3/c16-13-6-11(8-18-9-13)10-19-5-4-14-12(7-17)2-1-3-15(14)19/h1-6,8-9H,7,10,17H2. The lowest BCUT2D eigenvalue weighted by atomic mass is 10.1. The van der Waals surface area contributed by atoms with E-state index in [4.69, 9.17) is 5.73 Å². The summed E-state index contributed by atoms with van der Waals surface area (Å²) >= 11 is 3.45. The first-order valence-electron chi connectivity index (χ1n) is 6.14. The second-order valence-corrected chi connectivity index (χ2v) is 5.42. The van der Waals surface area contributed by atoms with Crippen LogP contribution in [0.25, 0.3) is 10.9 Å². The van der Waals surface area contributed by atoms with Crippen LogP contribution in [0.15, 0.2) is 53.4 Å². The fourth-order valence-electron chi connectivity index (χ4n) is 2.34. The molecule has 0 aliphatic rings. The van der Waals surface area contributed by atoms with Gasteiger partial charge in [0, 0.05) is 47.1 Å². The third-order valence-electron chi connectivity index (χ3n) is 3.24. The predicted octanol–water partition coefficient (Wildman–Crippen LogP) is 3.31. The van der Waals surface area contributed by atoms with Crippen LogP contribution in [0.3, 0.4) is 0 Å². The van der Waals surface area contributed by atoms with Crippen LogP contribution in [0.5, 0.6) is 0 Å². The summed E-state index contributed by atoms with van der Waals surface area (Å²) in [5.41, 5.74) is 9.34. The highest BCUT2D eigenvalue weighted by Crippen LogP contribution is 2.21. The summed E-state index contributed by atoms with van der Waals surface area (Å²) in [6.07, 6.45) is 5.79. The van der Waals surface area contributed by atoms with Gasteiger partial charge >= 0.3 is 0 Å². The molecule has 3 aromatic rings. The third kappa shape index (κ3) is 2.41. The summed E-state index contributed by atoms with van der Waals surface area (Å²) in [4.78, 5) is 4.20. The monoisotopic (exact) mass is 315 g/mol. The van der Waals surface area contributed by atoms with E-state index in [9.17, 15) is 0 Å². The minimum absolute atomic E-state index is 0.569. The highest BCUT2D eigenvalue weighted by molar-refractivity contribution is 9.10. The van der Waals surface area contributed by atoms with Crippen LogP contribution in [-0.2, 0) is 13.1 Å². The molecular formula is C15H14BrN3. The molecule has 2 heterocycles. The number of halogens is 1. The van der Waals surface area contributed by atoms with Gasteiger partial charge in [0.05, 0.1) is 0 Å². The minimum Gasteiger partial charge on any atom is -0.343 e. The number of benzene rings is 1. The van der Waals surface area contributed by atoms with Crippen molar-refractivity contribution in [1.29, 1.82) is 0 Å². The van der Waals surface area contributed by atoms with E-state index in [0.29, 0.717) is 6.54 Å². The molecule has 1 aromatic carbocycles. The van der Waals surface area contributed by atoms with Crippen molar-refractivity contribution in [2.24, 2.45) is 5.73 Å². The first kappa shape index (κ1) is 12.4. The van der Waals surface area contributed by atoms with E-state index in [0.717, 1.165) is 11.0 Å². The van der Waals surface area contributed by atoms with Gasteiger partial charge in [-0.05, 0) is 45.3 Å². The van der Waals surface area contributed by atoms with Crippen molar-refractivity contribution in [2.45, 2.75) is 13.1 Å². The maximum atomic E-state index is 5.77. The lowest BCUT2D eigenvalue weighted by Gasteiger charge is -2.07. The molecule has 0 radical (unpaired) electrons. The Balaban J connectivity index is 2.02. The highest BCUT2D eigenvalue weighted by Gasteiger charge is 2.05. The second-order valence-electron chi connectivity index (χ2n) is 4.51. The molecule has 3 rings (SSSR count). The number of pyridine rings is 1. The van der Waals surface area contributed by atoms with E-state index < -0.39 is 0 Å². The molecule has 0 amide bonds. The van der Waals surface area contributed by atoms with Gasteiger partial charge in [0.15, 0.2) is 0 Å². The van der Waals surface area contributed by atoms with Gasteiger partial charge in [0.2, 0.25) is 0 Å². The Morgan fingerprint density at radius 2 is 2.11 bits per heavy atom. The van der Waals surface area contributed by atoms with E-state index in [1.807, 2.05) is 6.20 Å². The van der Waals surface area contributed by atoms with Crippen molar-refractivity contribution in [3.05, 3.63) is 64.5 Å². The summed E-state index contributed by atoms with van der Waals surface area (Å²) in [5, 5.41) is 1.23. The van der Waals surface area contributed by atoms with Gasteiger partial charge < -0.3 is 10.3 Å². The van der Waals surface area contributed by atoms with Gasteiger partial charge in [0.1, 0.15) is 0 Å². The molecule has 3 nitrogen and oxygen atoms in total. The average molecular weight is 316 g/mol. The lowest BCUT2D eigenvalue weighted by molar-refractivity contribution is 0.830. The van der Waals surface area contributed by atoms with Crippen LogP contribution >= 0.6 is 15.9 Å². The minimum atomic E-state index is 0.569. The number of hydrogen-bond donors (Lipinski definition) is 1. The third-order valence-corrected chi connectivity index (χ3v) is 3.67. The number of nitrogens with zero attached hydrogens (tertiary/aromatic N) is 2. The van der Waals surface area contributed by atoms with Crippen LogP contribution in [0.4, 0.5) is 0 Å². The predicted molar refractivity (Wildman–Crippen MR) is 80.9 cm³/mol. The Bertz CT molecular complexity index is 718. The van der Waals surface area contributed by atoms with E-state index in [1.54, 1.807) is 6.20 Å². The first-order chi connectivity index (χ1) is 9.28. The van der Waals surface area contributed by atoms with Crippen LogP contribution in [0, 0.1) is 0 Å². The molecule has 0 fully saturated rings. The number of rotatable bonds is 3. The Morgan fingerprint density at radius 1 is 1.21 bits per heavy atom. The van der Waals surface area contributed by atoms with Gasteiger partial charge in [-0.15, -0.1) is 0 Å². The summed E-state index contributed by atoms with van der Waals surface area (Å²) in [5.74, 6) is 0. The van der Waals surface area contributed by atoms with E-state index in [1.165, 1.54) is 22.0 Å². The molecular weight excluding hydrogens is 302 g/mol. The maximum Gasteiger partial charge on any atom is 0.0491 e. The van der Waals surface area contributed by atoms with Crippen molar-refractivity contribution in [3.63, 3.8) is 0 Å². The van der Waals surface area contributed by atoms with Crippen LogP contribution in [0.2, 0.25) is 0 Å². The zero-order valence-corrected chi connectivity index (χ0v) is 12.0. The van der Waals surface area contributed by atoms with Gasteiger partial charge in [-0.2, -0.15) is 0 Å². The smallest absolute Gasteiger partial charge is 0.0491 e. The molecule has 0 unspecified atom stereocenters. The van der Waals surface area contributed by atoms with Gasteiger partial charge in [-0.1, -0.05) is 12.1 Å². The molecule has 0 spiro atoms. The summed E-state index contributed by atoms with van der Waals surface area (Å²) in [6, 6.07) is 10.5. The molecule has 0 aliphatic heterocycles. The second kappa shape index (κ2) is 5.15. The lowest BCUT2D eigenvalue weighted by Crippen LogP contribution is -2.00. The fourth-order valence-corrected chi connectivity index (χ4v) is 2.75. The highest BCUT2D eigenvalue weighted by atomic mass is 79.9. The number of hydrogen-bond acceptors (Lipinski definition) is 2. The molecule has 0 aliphatic carbocycles. The summed E-state index contributed by atoms with van der Waals surface area (Å²) < 4.78 is 3.22. The van der Waals surface area contributed by atoms with Crippen LogP contribution in [0.1, 0.15) is 11.1 Å². The van der Waals surface area contributed by atoms with Crippen molar-refractivity contribution in [3.8, 4) is 0 Å². The molecule has 2 N–H and O–H groups in total. The number of fused-ring (bicyclic) bond motifs is 1.